The molecule has 0 aliphatic heterocycles. The van der Waals surface area contributed by atoms with E-state index >= 15 is 0 Å². The number of benzene rings is 1. The molecule has 0 aliphatic carbocycles. The minimum absolute atomic E-state index is 0.0167. The van der Waals surface area contributed by atoms with E-state index in [0.717, 1.165) is 18.1 Å². The minimum atomic E-state index is -3.61. The first-order valence-corrected chi connectivity index (χ1v) is 14.0. The van der Waals surface area contributed by atoms with Gasteiger partial charge in [0, 0.05) is 6.21 Å². The molecule has 1 N–H and O–H groups in total. The fourth-order valence-corrected chi connectivity index (χ4v) is 2.90. The van der Waals surface area contributed by atoms with Crippen LogP contribution in [0.4, 0.5) is 11.5 Å². The molecule has 0 saturated heterocycles. The third kappa shape index (κ3) is 8.19. The Balaban J connectivity index is 0.000000705. The van der Waals surface area contributed by atoms with E-state index in [1.807, 2.05) is 6.92 Å². The van der Waals surface area contributed by atoms with E-state index in [2.05, 4.69) is 18.1 Å². The van der Waals surface area contributed by atoms with Crippen LogP contribution in [0, 0.1) is 0 Å². The number of rotatable bonds is 5. The van der Waals surface area contributed by atoms with E-state index in [9.17, 15) is 8.76 Å². The second-order valence-electron chi connectivity index (χ2n) is 4.07. The summed E-state index contributed by atoms with van der Waals surface area (Å²) in [5.41, 5.74) is 0.712. The average molecular weight is 485 g/mol. The Morgan fingerprint density at radius 1 is 1.32 bits per heavy atom. The molecular formula is C12H14Cl3CrN4O3S2. The molecule has 1 unspecified atom stereocenters. The molecular weight excluding hydrogens is 471 g/mol. The van der Waals surface area contributed by atoms with Crippen LogP contribution in [0.5, 0.6) is 5.88 Å². The summed E-state index contributed by atoms with van der Waals surface area (Å²) in [7, 11) is 12.6. The Morgan fingerprint density at radius 2 is 1.92 bits per heavy atom. The first kappa shape index (κ1) is 22.6. The number of nitrogens with zero attached hydrogens (tertiary/aromatic N) is 4. The average Bonchev–Trinajstić information content (AvgIpc) is 2.99. The van der Waals surface area contributed by atoms with Gasteiger partial charge in [-0.1, -0.05) is 6.92 Å². The molecule has 1 aromatic heterocycles. The van der Waals surface area contributed by atoms with Gasteiger partial charge >= 0.3 is 41.5 Å². The number of methoxy groups -OCH3 is 1. The van der Waals surface area contributed by atoms with Crippen LogP contribution < -0.4 is 4.74 Å². The SMILES string of the molecule is CCC=Nc1ccc(S(=O)(O)=Nc2nsnc2OC)cc1.[Cl][Cr]([Cl])[Cl]. The summed E-state index contributed by atoms with van der Waals surface area (Å²) in [6.45, 7) is 1.98. The summed E-state index contributed by atoms with van der Waals surface area (Å²) >= 11 is -0.761. The van der Waals surface area contributed by atoms with Gasteiger partial charge in [-0.15, -0.1) is 13.1 Å². The molecule has 2 rings (SSSR count). The summed E-state index contributed by atoms with van der Waals surface area (Å²) in [6, 6.07) is 6.34. The van der Waals surface area contributed by atoms with Crippen LogP contribution in [-0.4, -0.2) is 30.8 Å². The number of ether oxygens (including phenoxy) is 1. The van der Waals surface area contributed by atoms with Gasteiger partial charge in [-0.25, -0.2) is 4.21 Å². The van der Waals surface area contributed by atoms with E-state index in [1.54, 1.807) is 18.3 Å². The monoisotopic (exact) mass is 483 g/mol. The third-order valence-electron chi connectivity index (χ3n) is 2.41. The summed E-state index contributed by atoms with van der Waals surface area (Å²) < 4.78 is 38.6. The molecule has 1 aromatic carbocycles. The zero-order valence-electron chi connectivity index (χ0n) is 13.0. The second-order valence-corrected chi connectivity index (χ2v) is 12.6. The van der Waals surface area contributed by atoms with Crippen LogP contribution in [0.3, 0.4) is 0 Å². The molecule has 2 aromatic rings. The quantitative estimate of drug-likeness (QED) is 0.576. The second kappa shape index (κ2) is 11.3. The van der Waals surface area contributed by atoms with Crippen molar-refractivity contribution < 1.29 is 24.9 Å². The van der Waals surface area contributed by atoms with Crippen LogP contribution >= 0.6 is 41.9 Å². The van der Waals surface area contributed by atoms with Crippen LogP contribution in [0.2, 0.25) is 0 Å². The molecule has 0 amide bonds. The van der Waals surface area contributed by atoms with Crippen molar-refractivity contribution in [3.63, 3.8) is 0 Å². The van der Waals surface area contributed by atoms with Crippen molar-refractivity contribution in [2.45, 2.75) is 18.2 Å². The van der Waals surface area contributed by atoms with Crippen molar-refractivity contribution >= 4 is 69.6 Å². The van der Waals surface area contributed by atoms with Gasteiger partial charge in [0.05, 0.1) is 29.4 Å². The fourth-order valence-electron chi connectivity index (χ4n) is 1.44. The Labute approximate surface area is 167 Å². The zero-order chi connectivity index (χ0) is 18.9. The Kier molecular flexibility index (Phi) is 10.2. The molecule has 0 radical (unpaired) electrons. The summed E-state index contributed by atoms with van der Waals surface area (Å²) in [6.07, 6.45) is 2.59. The van der Waals surface area contributed by atoms with Gasteiger partial charge in [-0.2, -0.15) is 0 Å². The number of aromatic nitrogens is 2. The summed E-state index contributed by atoms with van der Waals surface area (Å²) in [5.74, 6) is 0.147. The van der Waals surface area contributed by atoms with Gasteiger partial charge in [-0.05, 0) is 30.7 Å². The zero-order valence-corrected chi connectivity index (χ0v) is 18.2. The fraction of sp³-hybridized carbons (Fsp3) is 0.250. The van der Waals surface area contributed by atoms with Crippen LogP contribution in [0.1, 0.15) is 13.3 Å². The molecule has 25 heavy (non-hydrogen) atoms. The maximum absolute atomic E-state index is 12.3. The Hall–Kier alpha value is -0.438. The van der Waals surface area contributed by atoms with Crippen LogP contribution in [0.15, 0.2) is 38.5 Å². The van der Waals surface area contributed by atoms with Gasteiger partial charge in [0.1, 0.15) is 0 Å². The topological polar surface area (TPSA) is 97.0 Å². The normalized spacial score (nSPS) is 13.2. The van der Waals surface area contributed by atoms with Gasteiger partial charge in [-0.3, -0.25) is 9.55 Å². The van der Waals surface area contributed by atoms with E-state index in [0.29, 0.717) is 5.69 Å². The molecule has 0 spiro atoms. The number of aliphatic imine (C=N–C) groups is 1. The molecule has 0 aliphatic rings. The van der Waals surface area contributed by atoms with Crippen molar-refractivity contribution in [3.8, 4) is 5.88 Å². The van der Waals surface area contributed by atoms with Gasteiger partial charge in [0.2, 0.25) is 5.82 Å². The third-order valence-corrected chi connectivity index (χ3v) is 4.22. The molecule has 1 atom stereocenters. The standard InChI is InChI=1S/C12H14N4O3S2.3ClH.Cr/c1-3-8-13-9-4-6-10(7-5-9)21(17,18)16-11-12(19-2)15-20-14-11;;;;/h4-8H,3H2,1-2H3,(H,14,16,17,18);3*1H;/q;;;;+3/p-3. The Morgan fingerprint density at radius 3 is 2.44 bits per heavy atom. The van der Waals surface area contributed by atoms with Crippen molar-refractivity contribution in [1.29, 1.82) is 0 Å². The molecule has 0 saturated carbocycles. The van der Waals surface area contributed by atoms with Crippen molar-refractivity contribution in [1.82, 2.24) is 8.75 Å². The molecule has 0 bridgehead atoms. The predicted octanol–water partition coefficient (Wildman–Crippen LogP) is 5.36. The number of halogens is 3. The van der Waals surface area contributed by atoms with E-state index in [-0.39, 0.29) is 16.6 Å². The maximum atomic E-state index is 12.3. The molecule has 7 nitrogen and oxygen atoms in total. The molecule has 0 fully saturated rings. The van der Waals surface area contributed by atoms with E-state index in [4.69, 9.17) is 34.9 Å². The summed E-state index contributed by atoms with van der Waals surface area (Å²) in [4.78, 5) is 4.35. The van der Waals surface area contributed by atoms with Crippen molar-refractivity contribution in [2.24, 2.45) is 9.36 Å². The number of hydrogen-bond donors (Lipinski definition) is 1. The first-order valence-electron chi connectivity index (χ1n) is 6.52. The van der Waals surface area contributed by atoms with Gasteiger partial charge < -0.3 is 4.74 Å². The summed E-state index contributed by atoms with van der Waals surface area (Å²) in [5, 5.41) is 0. The van der Waals surface area contributed by atoms with Gasteiger partial charge in [0.25, 0.3) is 5.88 Å². The van der Waals surface area contributed by atoms with Crippen LogP contribution in [-0.2, 0) is 21.4 Å². The van der Waals surface area contributed by atoms with E-state index in [1.165, 1.54) is 19.2 Å². The molecule has 139 valence electrons. The molecule has 1 heterocycles. The predicted molar refractivity (Wildman–Crippen MR) is 100 cm³/mol. The van der Waals surface area contributed by atoms with E-state index < -0.39 is 21.4 Å². The van der Waals surface area contributed by atoms with Crippen LogP contribution in [0.25, 0.3) is 0 Å². The van der Waals surface area contributed by atoms with Gasteiger partial charge in [0.15, 0.2) is 10.0 Å². The number of hydrogen-bond acceptors (Lipinski definition) is 7. The van der Waals surface area contributed by atoms with Crippen molar-refractivity contribution in [3.05, 3.63) is 24.3 Å². The van der Waals surface area contributed by atoms with Crippen molar-refractivity contribution in [2.75, 3.05) is 7.11 Å². The first-order chi connectivity index (χ1) is 11.8. The molecule has 13 heteroatoms. The Bertz CT molecular complexity index is 805.